The molecular weight excluding hydrogens is 372 g/mol. The van der Waals surface area contributed by atoms with Crippen molar-refractivity contribution in [2.45, 2.75) is 13.8 Å². The van der Waals surface area contributed by atoms with Crippen LogP contribution in [0.3, 0.4) is 0 Å². The first kappa shape index (κ1) is 18.5. The highest BCUT2D eigenvalue weighted by Crippen LogP contribution is 2.25. The Hall–Kier alpha value is -3.88. The fourth-order valence-electron chi connectivity index (χ4n) is 3.10. The molecule has 0 saturated heterocycles. The number of hydrogen-bond acceptors (Lipinski definition) is 6. The van der Waals surface area contributed by atoms with Crippen molar-refractivity contribution in [2.75, 3.05) is 11.9 Å². The molecule has 0 atom stereocenters. The summed E-state index contributed by atoms with van der Waals surface area (Å²) in [6.07, 6.45) is 4.55. The van der Waals surface area contributed by atoms with Crippen molar-refractivity contribution in [3.63, 3.8) is 0 Å². The van der Waals surface area contributed by atoms with Crippen LogP contribution in [0.2, 0.25) is 0 Å². The average Bonchev–Trinajstić information content (AvgIpc) is 3.32. The standard InChI is InChI=1S/C20H18N6O3/c1-12(2)9-26-19(28)15-5-3-13(7-16(15)20(26)29)18(27)24-14-4-6-17(21-8-14)25-10-22-23-11-25/h3-8,10-12H,9H2,1-2H3,(H,24,27). The number of benzene rings is 1. The topological polar surface area (TPSA) is 110 Å². The second kappa shape index (κ2) is 7.27. The van der Waals surface area contributed by atoms with Gasteiger partial charge in [-0.25, -0.2) is 4.98 Å². The lowest BCUT2D eigenvalue weighted by Gasteiger charge is -2.15. The molecule has 0 aliphatic carbocycles. The fraction of sp³-hybridized carbons (Fsp3) is 0.200. The van der Waals surface area contributed by atoms with E-state index in [0.717, 1.165) is 0 Å². The molecule has 146 valence electrons. The van der Waals surface area contributed by atoms with Crippen LogP contribution in [-0.4, -0.2) is 48.9 Å². The van der Waals surface area contributed by atoms with Crippen molar-refractivity contribution < 1.29 is 14.4 Å². The van der Waals surface area contributed by atoms with E-state index in [9.17, 15) is 14.4 Å². The molecule has 1 N–H and O–H groups in total. The van der Waals surface area contributed by atoms with E-state index in [0.29, 0.717) is 29.2 Å². The fourth-order valence-corrected chi connectivity index (χ4v) is 3.10. The largest absolute Gasteiger partial charge is 0.321 e. The first-order valence-electron chi connectivity index (χ1n) is 9.06. The van der Waals surface area contributed by atoms with Crippen LogP contribution in [0.15, 0.2) is 49.2 Å². The first-order valence-corrected chi connectivity index (χ1v) is 9.06. The van der Waals surface area contributed by atoms with E-state index in [4.69, 9.17) is 0 Å². The number of carbonyl (C=O) groups excluding carboxylic acids is 3. The van der Waals surface area contributed by atoms with Crippen LogP contribution in [0.1, 0.15) is 44.9 Å². The van der Waals surface area contributed by atoms with E-state index in [1.54, 1.807) is 16.7 Å². The van der Waals surface area contributed by atoms with Gasteiger partial charge in [-0.2, -0.15) is 0 Å². The minimum Gasteiger partial charge on any atom is -0.321 e. The molecule has 0 fully saturated rings. The first-order chi connectivity index (χ1) is 13.9. The molecule has 0 radical (unpaired) electrons. The number of fused-ring (bicyclic) bond motifs is 1. The van der Waals surface area contributed by atoms with Gasteiger partial charge in [-0.15, -0.1) is 10.2 Å². The molecule has 1 aliphatic heterocycles. The highest BCUT2D eigenvalue weighted by atomic mass is 16.2. The highest BCUT2D eigenvalue weighted by Gasteiger charge is 2.36. The summed E-state index contributed by atoms with van der Waals surface area (Å²) >= 11 is 0. The van der Waals surface area contributed by atoms with Crippen LogP contribution in [0.5, 0.6) is 0 Å². The van der Waals surface area contributed by atoms with Crippen molar-refractivity contribution in [3.8, 4) is 5.82 Å². The summed E-state index contributed by atoms with van der Waals surface area (Å²) in [4.78, 5) is 43.1. The Labute approximate surface area is 166 Å². The van der Waals surface area contributed by atoms with Crippen LogP contribution in [0, 0.1) is 5.92 Å². The molecule has 9 heteroatoms. The average molecular weight is 390 g/mol. The van der Waals surface area contributed by atoms with Gasteiger partial charge in [0, 0.05) is 12.1 Å². The summed E-state index contributed by atoms with van der Waals surface area (Å²) < 4.78 is 1.64. The zero-order valence-corrected chi connectivity index (χ0v) is 15.9. The molecule has 2 aromatic heterocycles. The molecule has 1 aromatic carbocycles. The quantitative estimate of drug-likeness (QED) is 0.669. The van der Waals surface area contributed by atoms with E-state index in [1.807, 2.05) is 13.8 Å². The normalized spacial score (nSPS) is 13.1. The Morgan fingerprint density at radius 3 is 2.41 bits per heavy atom. The SMILES string of the molecule is CC(C)CN1C(=O)c2ccc(C(=O)Nc3ccc(-n4cnnc4)nc3)cc2C1=O. The molecule has 3 aromatic rings. The van der Waals surface area contributed by atoms with Crippen LogP contribution in [-0.2, 0) is 0 Å². The lowest BCUT2D eigenvalue weighted by Crippen LogP contribution is -2.33. The lowest BCUT2D eigenvalue weighted by molar-refractivity contribution is 0.0636. The van der Waals surface area contributed by atoms with Crippen LogP contribution < -0.4 is 5.32 Å². The number of imide groups is 1. The molecule has 4 rings (SSSR count). The lowest BCUT2D eigenvalue weighted by atomic mass is 10.1. The highest BCUT2D eigenvalue weighted by molar-refractivity contribution is 6.22. The van der Waals surface area contributed by atoms with Gasteiger partial charge in [0.25, 0.3) is 17.7 Å². The molecule has 0 bridgehead atoms. The minimum atomic E-state index is -0.394. The number of rotatable bonds is 5. The zero-order chi connectivity index (χ0) is 20.5. The number of nitrogens with zero attached hydrogens (tertiary/aromatic N) is 5. The summed E-state index contributed by atoms with van der Waals surface area (Å²) in [5.74, 6) is -0.310. The Balaban J connectivity index is 1.52. The van der Waals surface area contributed by atoms with Gasteiger partial charge in [0.05, 0.1) is 23.0 Å². The monoisotopic (exact) mass is 390 g/mol. The molecule has 0 spiro atoms. The summed E-state index contributed by atoms with van der Waals surface area (Å²) in [6, 6.07) is 7.94. The molecule has 9 nitrogen and oxygen atoms in total. The van der Waals surface area contributed by atoms with Crippen molar-refractivity contribution in [2.24, 2.45) is 5.92 Å². The third-order valence-electron chi connectivity index (χ3n) is 4.47. The third-order valence-corrected chi connectivity index (χ3v) is 4.47. The Morgan fingerprint density at radius 2 is 1.76 bits per heavy atom. The number of amides is 3. The molecule has 3 heterocycles. The van der Waals surface area contributed by atoms with Crippen LogP contribution >= 0.6 is 0 Å². The van der Waals surface area contributed by atoms with Gasteiger partial charge in [0.15, 0.2) is 0 Å². The minimum absolute atomic E-state index is 0.161. The van der Waals surface area contributed by atoms with E-state index >= 15 is 0 Å². The Kier molecular flexibility index (Phi) is 4.63. The van der Waals surface area contributed by atoms with Gasteiger partial charge in [-0.3, -0.25) is 23.9 Å². The van der Waals surface area contributed by atoms with Crippen LogP contribution in [0.4, 0.5) is 5.69 Å². The summed E-state index contributed by atoms with van der Waals surface area (Å²) in [5.41, 5.74) is 1.37. The van der Waals surface area contributed by atoms with Crippen molar-refractivity contribution >= 4 is 23.4 Å². The molecule has 3 amide bonds. The number of hydrogen-bond donors (Lipinski definition) is 1. The molecule has 29 heavy (non-hydrogen) atoms. The molecule has 0 unspecified atom stereocenters. The number of anilines is 1. The number of carbonyl (C=O) groups is 3. The smallest absolute Gasteiger partial charge is 0.261 e. The van der Waals surface area contributed by atoms with E-state index < -0.39 is 5.91 Å². The zero-order valence-electron chi connectivity index (χ0n) is 15.9. The maximum atomic E-state index is 12.6. The summed E-state index contributed by atoms with van der Waals surface area (Å²) in [6.45, 7) is 4.22. The van der Waals surface area contributed by atoms with Gasteiger partial charge in [0.2, 0.25) is 0 Å². The number of pyridine rings is 1. The number of nitrogens with one attached hydrogen (secondary N) is 1. The molecule has 1 aliphatic rings. The Bertz CT molecular complexity index is 1090. The van der Waals surface area contributed by atoms with Crippen LogP contribution in [0.25, 0.3) is 5.82 Å². The van der Waals surface area contributed by atoms with Gasteiger partial charge < -0.3 is 5.32 Å². The van der Waals surface area contributed by atoms with Gasteiger partial charge in [-0.1, -0.05) is 13.8 Å². The predicted octanol–water partition coefficient (Wildman–Crippen LogP) is 2.17. The van der Waals surface area contributed by atoms with Crippen molar-refractivity contribution in [1.82, 2.24) is 24.6 Å². The second-order valence-electron chi connectivity index (χ2n) is 7.10. The van der Waals surface area contributed by atoms with Crippen molar-refractivity contribution in [1.29, 1.82) is 0 Å². The molecular formula is C20H18N6O3. The van der Waals surface area contributed by atoms with Crippen molar-refractivity contribution in [3.05, 3.63) is 65.9 Å². The van der Waals surface area contributed by atoms with Gasteiger partial charge in [0.1, 0.15) is 18.5 Å². The molecule has 0 saturated carbocycles. The second-order valence-corrected chi connectivity index (χ2v) is 7.10. The van der Waals surface area contributed by atoms with Gasteiger partial charge >= 0.3 is 0 Å². The van der Waals surface area contributed by atoms with E-state index in [1.165, 1.54) is 42.0 Å². The summed E-state index contributed by atoms with van der Waals surface area (Å²) in [5, 5.41) is 10.2. The third kappa shape index (κ3) is 3.49. The predicted molar refractivity (Wildman–Crippen MR) is 104 cm³/mol. The summed E-state index contributed by atoms with van der Waals surface area (Å²) in [7, 11) is 0. The Morgan fingerprint density at radius 1 is 1.03 bits per heavy atom. The van der Waals surface area contributed by atoms with E-state index in [2.05, 4.69) is 20.5 Å². The number of aromatic nitrogens is 4. The van der Waals surface area contributed by atoms with Gasteiger partial charge in [-0.05, 0) is 36.2 Å². The maximum Gasteiger partial charge on any atom is 0.261 e. The van der Waals surface area contributed by atoms with E-state index in [-0.39, 0.29) is 23.3 Å². The maximum absolute atomic E-state index is 12.6.